The van der Waals surface area contributed by atoms with Gasteiger partial charge in [-0.3, -0.25) is 0 Å². The number of hydrogen-bond donors (Lipinski definition) is 5. The van der Waals surface area contributed by atoms with Crippen LogP contribution < -0.4 is 27.2 Å². The van der Waals surface area contributed by atoms with E-state index in [0.717, 1.165) is 5.56 Å². The molecule has 0 aliphatic carbocycles. The van der Waals surface area contributed by atoms with Gasteiger partial charge in [-0.05, 0) is 24.6 Å². The van der Waals surface area contributed by atoms with Crippen LogP contribution in [0.15, 0.2) is 18.2 Å². The number of benzene rings is 1. The normalized spacial score (nSPS) is 18.5. The van der Waals surface area contributed by atoms with Crippen LogP contribution in [0.5, 0.6) is 0 Å². The van der Waals surface area contributed by atoms with Crippen LogP contribution in [0.1, 0.15) is 18.5 Å². The smallest absolute Gasteiger partial charge is 0.124 e. The lowest BCUT2D eigenvalue weighted by Crippen LogP contribution is -2.43. The van der Waals surface area contributed by atoms with E-state index in [1.807, 2.05) is 6.92 Å². The Labute approximate surface area is 104 Å². The van der Waals surface area contributed by atoms with E-state index >= 15 is 0 Å². The zero-order valence-electron chi connectivity index (χ0n) is 9.35. The van der Waals surface area contributed by atoms with Crippen molar-refractivity contribution in [3.05, 3.63) is 34.6 Å². The maximum atomic E-state index is 12.9. The minimum absolute atomic E-state index is 0.0484. The highest BCUT2D eigenvalue weighted by atomic mass is 35.5. The van der Waals surface area contributed by atoms with Crippen LogP contribution in [0.2, 0.25) is 5.02 Å². The van der Waals surface area contributed by atoms with Crippen molar-refractivity contribution in [2.45, 2.75) is 19.1 Å². The molecule has 1 aromatic rings. The van der Waals surface area contributed by atoms with Gasteiger partial charge in [0.15, 0.2) is 0 Å². The molecule has 7 heteroatoms. The Balaban J connectivity index is 1.91. The summed E-state index contributed by atoms with van der Waals surface area (Å²) in [6.45, 7) is 2.67. The van der Waals surface area contributed by atoms with E-state index in [1.165, 1.54) is 12.1 Å². The molecule has 0 saturated carbocycles. The van der Waals surface area contributed by atoms with Crippen molar-refractivity contribution in [2.75, 3.05) is 6.54 Å². The average Bonchev–Trinajstić information content (AvgIpc) is 2.78. The molecule has 1 atom stereocenters. The van der Waals surface area contributed by atoms with Crippen molar-refractivity contribution in [2.24, 2.45) is 0 Å². The average molecular weight is 260 g/mol. The van der Waals surface area contributed by atoms with Crippen molar-refractivity contribution in [1.82, 2.24) is 27.2 Å². The standard InChI is InChI=1S/C10H15ClFN5/c1-6(13-5-10-14-16-17-15-10)8-3-2-7(12)4-9(8)11/h2-4,6,10,13-17H,5H2,1H3. The highest BCUT2D eigenvalue weighted by molar-refractivity contribution is 6.31. The van der Waals surface area contributed by atoms with Crippen LogP contribution in [0.25, 0.3) is 0 Å². The van der Waals surface area contributed by atoms with Gasteiger partial charge >= 0.3 is 0 Å². The predicted molar refractivity (Wildman–Crippen MR) is 64.2 cm³/mol. The topological polar surface area (TPSA) is 60.1 Å². The molecule has 0 amide bonds. The van der Waals surface area contributed by atoms with Crippen molar-refractivity contribution < 1.29 is 4.39 Å². The predicted octanol–water partition coefficient (Wildman–Crippen LogP) is 0.573. The molecule has 5 N–H and O–H groups in total. The summed E-state index contributed by atoms with van der Waals surface area (Å²) in [7, 11) is 0. The monoisotopic (exact) mass is 259 g/mol. The molecule has 1 heterocycles. The molecule has 1 saturated heterocycles. The van der Waals surface area contributed by atoms with Crippen LogP contribution >= 0.6 is 11.6 Å². The Bertz CT molecular complexity index is 383. The summed E-state index contributed by atoms with van der Waals surface area (Å²) < 4.78 is 12.9. The molecular formula is C10H15ClFN5. The summed E-state index contributed by atoms with van der Waals surface area (Å²) in [6.07, 6.45) is 0.0803. The van der Waals surface area contributed by atoms with Gasteiger partial charge in [-0.25, -0.2) is 15.2 Å². The van der Waals surface area contributed by atoms with E-state index in [9.17, 15) is 4.39 Å². The Morgan fingerprint density at radius 2 is 2.12 bits per heavy atom. The second-order valence-electron chi connectivity index (χ2n) is 3.89. The zero-order valence-corrected chi connectivity index (χ0v) is 10.1. The lowest BCUT2D eigenvalue weighted by atomic mass is 10.1. The van der Waals surface area contributed by atoms with Crippen LogP contribution in [0, 0.1) is 5.82 Å². The van der Waals surface area contributed by atoms with E-state index in [1.54, 1.807) is 6.07 Å². The Hall–Kier alpha value is -0.760. The summed E-state index contributed by atoms with van der Waals surface area (Å²) in [5.74, 6) is -0.321. The zero-order chi connectivity index (χ0) is 12.3. The Morgan fingerprint density at radius 3 is 2.76 bits per heavy atom. The molecule has 0 radical (unpaired) electrons. The van der Waals surface area contributed by atoms with Gasteiger partial charge in [0.25, 0.3) is 0 Å². The van der Waals surface area contributed by atoms with Gasteiger partial charge in [-0.1, -0.05) is 17.7 Å². The van der Waals surface area contributed by atoms with Gasteiger partial charge in [0.05, 0.1) is 6.17 Å². The molecule has 17 heavy (non-hydrogen) atoms. The molecule has 94 valence electrons. The van der Waals surface area contributed by atoms with Gasteiger partial charge in [-0.2, -0.15) is 11.1 Å². The third-order valence-corrected chi connectivity index (χ3v) is 2.94. The van der Waals surface area contributed by atoms with Crippen LogP contribution in [-0.2, 0) is 0 Å². The summed E-state index contributed by atoms with van der Waals surface area (Å²) in [5.41, 5.74) is 12.3. The lowest BCUT2D eigenvalue weighted by molar-refractivity contribution is 0.448. The van der Waals surface area contributed by atoms with Crippen molar-refractivity contribution in [3.8, 4) is 0 Å². The summed E-state index contributed by atoms with van der Waals surface area (Å²) in [4.78, 5) is 0. The fourth-order valence-electron chi connectivity index (χ4n) is 1.64. The number of rotatable bonds is 4. The van der Waals surface area contributed by atoms with Gasteiger partial charge < -0.3 is 5.32 Å². The molecule has 1 aliphatic rings. The number of halogens is 2. The third kappa shape index (κ3) is 3.35. The first-order chi connectivity index (χ1) is 8.16. The van der Waals surface area contributed by atoms with Crippen molar-refractivity contribution in [3.63, 3.8) is 0 Å². The van der Waals surface area contributed by atoms with Crippen LogP contribution in [0.3, 0.4) is 0 Å². The maximum absolute atomic E-state index is 12.9. The number of hydrogen-bond acceptors (Lipinski definition) is 5. The van der Waals surface area contributed by atoms with Crippen molar-refractivity contribution >= 4 is 11.6 Å². The molecule has 0 spiro atoms. The fraction of sp³-hybridized carbons (Fsp3) is 0.400. The molecule has 1 fully saturated rings. The van der Waals surface area contributed by atoms with Gasteiger partial charge in [0, 0.05) is 17.6 Å². The van der Waals surface area contributed by atoms with E-state index < -0.39 is 0 Å². The highest BCUT2D eigenvalue weighted by Crippen LogP contribution is 2.23. The maximum Gasteiger partial charge on any atom is 0.124 e. The van der Waals surface area contributed by atoms with E-state index in [2.05, 4.69) is 27.2 Å². The second-order valence-corrected chi connectivity index (χ2v) is 4.29. The molecule has 5 nitrogen and oxygen atoms in total. The quantitative estimate of drug-likeness (QED) is 0.548. The first kappa shape index (κ1) is 12.7. The Kier molecular flexibility index (Phi) is 4.27. The molecule has 1 unspecified atom stereocenters. The fourth-order valence-corrected chi connectivity index (χ4v) is 1.97. The number of hydrazine groups is 3. The Morgan fingerprint density at radius 1 is 1.41 bits per heavy atom. The molecule has 0 bridgehead atoms. The largest absolute Gasteiger partial charge is 0.307 e. The van der Waals surface area contributed by atoms with E-state index in [0.29, 0.717) is 11.6 Å². The van der Waals surface area contributed by atoms with Crippen LogP contribution in [-0.4, -0.2) is 12.7 Å². The minimum atomic E-state index is -0.321. The summed E-state index contributed by atoms with van der Waals surface area (Å²) in [5, 5.41) is 3.73. The first-order valence-electron chi connectivity index (χ1n) is 5.36. The highest BCUT2D eigenvalue weighted by Gasteiger charge is 2.15. The van der Waals surface area contributed by atoms with Gasteiger partial charge in [0.1, 0.15) is 5.82 Å². The second kappa shape index (κ2) is 5.72. The minimum Gasteiger partial charge on any atom is -0.307 e. The molecule has 2 rings (SSSR count). The van der Waals surface area contributed by atoms with Crippen molar-refractivity contribution in [1.29, 1.82) is 0 Å². The SMILES string of the molecule is CC(NCC1NNNN1)c1ccc(F)cc1Cl. The van der Waals surface area contributed by atoms with Gasteiger partial charge in [0.2, 0.25) is 0 Å². The van der Waals surface area contributed by atoms with Crippen LogP contribution in [0.4, 0.5) is 4.39 Å². The van der Waals surface area contributed by atoms with E-state index in [4.69, 9.17) is 11.6 Å². The molecular weight excluding hydrogens is 245 g/mol. The third-order valence-electron chi connectivity index (χ3n) is 2.61. The lowest BCUT2D eigenvalue weighted by Gasteiger charge is -2.18. The molecule has 1 aliphatic heterocycles. The first-order valence-corrected chi connectivity index (χ1v) is 5.74. The van der Waals surface area contributed by atoms with Gasteiger partial charge in [-0.15, -0.1) is 0 Å². The van der Waals surface area contributed by atoms with E-state index in [-0.39, 0.29) is 18.0 Å². The molecule has 0 aromatic heterocycles. The number of nitrogens with one attached hydrogen (secondary N) is 5. The molecule has 1 aromatic carbocycles. The summed E-state index contributed by atoms with van der Waals surface area (Å²) >= 11 is 5.98. The summed E-state index contributed by atoms with van der Waals surface area (Å²) in [6, 6.07) is 4.48.